The Balaban J connectivity index is 1.64. The molecular formula is C18H16N2O2S. The largest absolute Gasteiger partial charge is 0.350 e. The maximum absolute atomic E-state index is 12.2. The van der Waals surface area contributed by atoms with E-state index in [4.69, 9.17) is 4.52 Å². The molecule has 1 N–H and O–H groups in total. The van der Waals surface area contributed by atoms with Gasteiger partial charge in [0.2, 0.25) is 5.76 Å². The normalized spacial score (nSPS) is 12.4. The minimum atomic E-state index is -0.266. The van der Waals surface area contributed by atoms with Gasteiger partial charge in [-0.25, -0.2) is 0 Å². The molecule has 1 aromatic carbocycles. The highest BCUT2D eigenvalue weighted by molar-refractivity contribution is 7.10. The summed E-state index contributed by atoms with van der Waals surface area (Å²) in [4.78, 5) is 13.3. The van der Waals surface area contributed by atoms with Crippen LogP contribution in [0.5, 0.6) is 0 Å². The van der Waals surface area contributed by atoms with Crippen LogP contribution in [0.3, 0.4) is 0 Å². The van der Waals surface area contributed by atoms with Crippen molar-refractivity contribution in [3.8, 4) is 0 Å². The second-order valence-electron chi connectivity index (χ2n) is 5.07. The Labute approximate surface area is 138 Å². The zero-order valence-corrected chi connectivity index (χ0v) is 13.4. The Bertz CT molecular complexity index is 792. The topological polar surface area (TPSA) is 55.1 Å². The standard InChI is InChI=1S/C18H16N2O2S/c1-13(17-8-5-11-23-17)19-18(21)16-12-15(20-22-16)10-9-14-6-3-2-4-7-14/h2-13H,1H3,(H,19,21)/t13-/m1/s1. The fraction of sp³-hybridized carbons (Fsp3) is 0.111. The van der Waals surface area contributed by atoms with Crippen LogP contribution in [0.25, 0.3) is 12.2 Å². The Kier molecular flexibility index (Phi) is 4.68. The smallest absolute Gasteiger partial charge is 0.290 e. The highest BCUT2D eigenvalue weighted by Gasteiger charge is 2.16. The van der Waals surface area contributed by atoms with E-state index in [-0.39, 0.29) is 17.7 Å². The lowest BCUT2D eigenvalue weighted by Gasteiger charge is -2.09. The van der Waals surface area contributed by atoms with E-state index in [0.717, 1.165) is 10.4 Å². The van der Waals surface area contributed by atoms with Crippen LogP contribution in [-0.4, -0.2) is 11.1 Å². The number of carbonyl (C=O) groups is 1. The number of hydrogen-bond acceptors (Lipinski definition) is 4. The van der Waals surface area contributed by atoms with E-state index >= 15 is 0 Å². The van der Waals surface area contributed by atoms with E-state index in [9.17, 15) is 4.79 Å². The van der Waals surface area contributed by atoms with Crippen LogP contribution in [0, 0.1) is 0 Å². The number of rotatable bonds is 5. The van der Waals surface area contributed by atoms with Gasteiger partial charge in [-0.15, -0.1) is 11.3 Å². The van der Waals surface area contributed by atoms with Crippen molar-refractivity contribution in [3.05, 3.63) is 75.8 Å². The Morgan fingerprint density at radius 3 is 2.78 bits per heavy atom. The first-order valence-electron chi connectivity index (χ1n) is 7.26. The molecular weight excluding hydrogens is 308 g/mol. The minimum Gasteiger partial charge on any atom is -0.350 e. The van der Waals surface area contributed by atoms with Gasteiger partial charge in [0.05, 0.1) is 6.04 Å². The summed E-state index contributed by atoms with van der Waals surface area (Å²) in [5.74, 6) is -0.0566. The number of benzene rings is 1. The molecule has 0 unspecified atom stereocenters. The molecule has 1 amide bonds. The molecule has 0 saturated heterocycles. The molecule has 0 radical (unpaired) electrons. The molecule has 3 rings (SSSR count). The third-order valence-electron chi connectivity index (χ3n) is 3.32. The van der Waals surface area contributed by atoms with Gasteiger partial charge < -0.3 is 9.84 Å². The van der Waals surface area contributed by atoms with Crippen LogP contribution < -0.4 is 5.32 Å². The lowest BCUT2D eigenvalue weighted by molar-refractivity contribution is 0.0903. The number of nitrogens with zero attached hydrogens (tertiary/aromatic N) is 1. The van der Waals surface area contributed by atoms with Crippen LogP contribution in [0.1, 0.15) is 39.7 Å². The maximum atomic E-state index is 12.2. The summed E-state index contributed by atoms with van der Waals surface area (Å²) < 4.78 is 5.12. The fourth-order valence-corrected chi connectivity index (χ4v) is 2.83. The summed E-state index contributed by atoms with van der Waals surface area (Å²) in [6.07, 6.45) is 3.74. The monoisotopic (exact) mass is 324 g/mol. The second kappa shape index (κ2) is 7.07. The third kappa shape index (κ3) is 3.96. The van der Waals surface area contributed by atoms with E-state index in [1.54, 1.807) is 17.4 Å². The van der Waals surface area contributed by atoms with Gasteiger partial charge in [0.25, 0.3) is 5.91 Å². The van der Waals surface area contributed by atoms with Gasteiger partial charge in [0.1, 0.15) is 5.69 Å². The zero-order valence-electron chi connectivity index (χ0n) is 12.6. The van der Waals surface area contributed by atoms with Gasteiger partial charge in [0.15, 0.2) is 0 Å². The van der Waals surface area contributed by atoms with Gasteiger partial charge in [-0.05, 0) is 30.0 Å². The summed E-state index contributed by atoms with van der Waals surface area (Å²) in [6, 6.07) is 15.4. The molecule has 4 nitrogen and oxygen atoms in total. The molecule has 5 heteroatoms. The molecule has 2 aromatic heterocycles. The van der Waals surface area contributed by atoms with Crippen molar-refractivity contribution >= 4 is 29.4 Å². The summed E-state index contributed by atoms with van der Waals surface area (Å²) >= 11 is 1.61. The summed E-state index contributed by atoms with van der Waals surface area (Å²) in [7, 11) is 0. The third-order valence-corrected chi connectivity index (χ3v) is 4.37. The van der Waals surface area contributed by atoms with Crippen LogP contribution in [0.15, 0.2) is 58.4 Å². The van der Waals surface area contributed by atoms with Gasteiger partial charge in [-0.1, -0.05) is 47.6 Å². The molecule has 116 valence electrons. The fourth-order valence-electron chi connectivity index (χ4n) is 2.10. The first-order valence-corrected chi connectivity index (χ1v) is 8.14. The predicted molar refractivity (Wildman–Crippen MR) is 92.1 cm³/mol. The molecule has 0 spiro atoms. The highest BCUT2D eigenvalue weighted by atomic mass is 32.1. The van der Waals surface area contributed by atoms with Crippen molar-refractivity contribution in [2.45, 2.75) is 13.0 Å². The van der Waals surface area contributed by atoms with Crippen molar-refractivity contribution in [1.29, 1.82) is 0 Å². The molecule has 0 bridgehead atoms. The van der Waals surface area contributed by atoms with Crippen LogP contribution in [-0.2, 0) is 0 Å². The number of aromatic nitrogens is 1. The van der Waals surface area contributed by atoms with Crippen molar-refractivity contribution in [2.75, 3.05) is 0 Å². The molecule has 2 heterocycles. The Morgan fingerprint density at radius 2 is 2.04 bits per heavy atom. The SMILES string of the molecule is C[C@@H](NC(=O)c1cc(C=Cc2ccccc2)no1)c1cccs1. The average Bonchev–Trinajstić information content (AvgIpc) is 3.25. The van der Waals surface area contributed by atoms with E-state index in [0.29, 0.717) is 5.69 Å². The summed E-state index contributed by atoms with van der Waals surface area (Å²) in [5.41, 5.74) is 1.68. The first-order chi connectivity index (χ1) is 11.2. The van der Waals surface area contributed by atoms with Crippen molar-refractivity contribution in [1.82, 2.24) is 10.5 Å². The average molecular weight is 324 g/mol. The van der Waals surface area contributed by atoms with E-state index in [1.165, 1.54) is 0 Å². The zero-order chi connectivity index (χ0) is 16.1. The number of amides is 1. The maximum Gasteiger partial charge on any atom is 0.290 e. The predicted octanol–water partition coefficient (Wildman–Crippen LogP) is 4.40. The highest BCUT2D eigenvalue weighted by Crippen LogP contribution is 2.19. The molecule has 0 aliphatic heterocycles. The minimum absolute atomic E-state index is 0.0593. The van der Waals surface area contributed by atoms with E-state index in [2.05, 4.69) is 10.5 Å². The summed E-state index contributed by atoms with van der Waals surface area (Å²) in [5, 5.41) is 8.79. The van der Waals surface area contributed by atoms with Crippen molar-refractivity contribution in [3.63, 3.8) is 0 Å². The van der Waals surface area contributed by atoms with E-state index < -0.39 is 0 Å². The van der Waals surface area contributed by atoms with Gasteiger partial charge >= 0.3 is 0 Å². The Morgan fingerprint density at radius 1 is 1.22 bits per heavy atom. The van der Waals surface area contributed by atoms with Gasteiger partial charge in [-0.3, -0.25) is 4.79 Å². The van der Waals surface area contributed by atoms with Gasteiger partial charge in [0, 0.05) is 10.9 Å². The number of carbonyl (C=O) groups excluding carboxylic acids is 1. The molecule has 23 heavy (non-hydrogen) atoms. The number of thiophene rings is 1. The molecule has 0 fully saturated rings. The lowest BCUT2D eigenvalue weighted by atomic mass is 10.2. The molecule has 3 aromatic rings. The second-order valence-corrected chi connectivity index (χ2v) is 6.05. The first kappa shape index (κ1) is 15.2. The number of nitrogens with one attached hydrogen (secondary N) is 1. The lowest BCUT2D eigenvalue weighted by Crippen LogP contribution is -2.25. The van der Waals surface area contributed by atoms with Crippen LogP contribution in [0.4, 0.5) is 0 Å². The molecule has 0 aliphatic carbocycles. The number of hydrogen-bond donors (Lipinski definition) is 1. The van der Waals surface area contributed by atoms with Crippen molar-refractivity contribution in [2.24, 2.45) is 0 Å². The molecule has 0 aliphatic rings. The molecule has 1 atom stereocenters. The van der Waals surface area contributed by atoms with Crippen LogP contribution in [0.2, 0.25) is 0 Å². The quantitative estimate of drug-likeness (QED) is 0.757. The van der Waals surface area contributed by atoms with Crippen LogP contribution >= 0.6 is 11.3 Å². The van der Waals surface area contributed by atoms with Crippen molar-refractivity contribution < 1.29 is 9.32 Å². The summed E-state index contributed by atoms with van der Waals surface area (Å²) in [6.45, 7) is 1.94. The van der Waals surface area contributed by atoms with E-state index in [1.807, 2.05) is 66.9 Å². The Hall–Kier alpha value is -2.66. The molecule has 0 saturated carbocycles. The van der Waals surface area contributed by atoms with Gasteiger partial charge in [-0.2, -0.15) is 0 Å².